The zero-order chi connectivity index (χ0) is 10.6. The molecule has 0 aromatic rings. The molecule has 1 N–H and O–H groups in total. The third-order valence-corrected chi connectivity index (χ3v) is 2.97. The average molecular weight is 217 g/mol. The van der Waals surface area contributed by atoms with Crippen LogP contribution in [-0.4, -0.2) is 36.3 Å². The SMILES string of the molecule is CSCCNC1CC(OC(C)(C)C)C1. The Bertz CT molecular complexity index is 161. The van der Waals surface area contributed by atoms with Gasteiger partial charge in [0.05, 0.1) is 11.7 Å². The molecular weight excluding hydrogens is 194 g/mol. The monoisotopic (exact) mass is 217 g/mol. The van der Waals surface area contributed by atoms with E-state index in [0.717, 1.165) is 6.54 Å². The number of hydrogen-bond donors (Lipinski definition) is 1. The van der Waals surface area contributed by atoms with Gasteiger partial charge in [-0.15, -0.1) is 0 Å². The van der Waals surface area contributed by atoms with Gasteiger partial charge < -0.3 is 10.1 Å². The molecule has 2 nitrogen and oxygen atoms in total. The van der Waals surface area contributed by atoms with Crippen LogP contribution in [-0.2, 0) is 4.74 Å². The summed E-state index contributed by atoms with van der Waals surface area (Å²) in [7, 11) is 0. The summed E-state index contributed by atoms with van der Waals surface area (Å²) in [4.78, 5) is 0. The van der Waals surface area contributed by atoms with Gasteiger partial charge in [-0.1, -0.05) is 0 Å². The standard InChI is InChI=1S/C11H23NOS/c1-11(2,3)13-10-7-9(8-10)12-5-6-14-4/h9-10,12H,5-8H2,1-4H3. The average Bonchev–Trinajstić information content (AvgIpc) is 1.97. The normalized spacial score (nSPS) is 27.4. The van der Waals surface area contributed by atoms with Crippen LogP contribution in [0.3, 0.4) is 0 Å². The Labute approximate surface area is 92.2 Å². The number of thioether (sulfide) groups is 1. The lowest BCUT2D eigenvalue weighted by Gasteiger charge is -2.39. The zero-order valence-corrected chi connectivity index (χ0v) is 10.6. The quantitative estimate of drug-likeness (QED) is 0.714. The van der Waals surface area contributed by atoms with Crippen LogP contribution in [0.1, 0.15) is 33.6 Å². The summed E-state index contributed by atoms with van der Waals surface area (Å²) in [6, 6.07) is 0.703. The number of ether oxygens (including phenoxy) is 1. The molecule has 0 aromatic heterocycles. The topological polar surface area (TPSA) is 21.3 Å². The summed E-state index contributed by atoms with van der Waals surface area (Å²) in [6.07, 6.45) is 5.01. The fraction of sp³-hybridized carbons (Fsp3) is 1.00. The molecule has 1 aliphatic carbocycles. The van der Waals surface area contributed by atoms with Crippen molar-refractivity contribution >= 4 is 11.8 Å². The van der Waals surface area contributed by atoms with Crippen molar-refractivity contribution in [3.63, 3.8) is 0 Å². The maximum atomic E-state index is 5.86. The van der Waals surface area contributed by atoms with Gasteiger partial charge in [-0.05, 0) is 39.9 Å². The van der Waals surface area contributed by atoms with Crippen molar-refractivity contribution in [1.82, 2.24) is 5.32 Å². The Kier molecular flexibility index (Phi) is 4.74. The third-order valence-electron chi connectivity index (χ3n) is 2.35. The fourth-order valence-electron chi connectivity index (χ4n) is 1.69. The maximum absolute atomic E-state index is 5.86. The Balaban J connectivity index is 2.00. The summed E-state index contributed by atoms with van der Waals surface area (Å²) in [5.41, 5.74) is 0.0227. The van der Waals surface area contributed by atoms with Crippen LogP contribution in [0, 0.1) is 0 Å². The van der Waals surface area contributed by atoms with Crippen molar-refractivity contribution in [2.75, 3.05) is 18.6 Å². The molecule has 0 unspecified atom stereocenters. The smallest absolute Gasteiger partial charge is 0.0612 e. The number of hydrogen-bond acceptors (Lipinski definition) is 3. The summed E-state index contributed by atoms with van der Waals surface area (Å²) in [6.45, 7) is 7.51. The minimum atomic E-state index is 0.0227. The maximum Gasteiger partial charge on any atom is 0.0612 e. The molecule has 0 atom stereocenters. The molecule has 3 heteroatoms. The van der Waals surface area contributed by atoms with Crippen LogP contribution >= 0.6 is 11.8 Å². The van der Waals surface area contributed by atoms with Crippen molar-refractivity contribution in [2.45, 2.75) is 51.4 Å². The van der Waals surface area contributed by atoms with Crippen molar-refractivity contribution in [2.24, 2.45) is 0 Å². The minimum absolute atomic E-state index is 0.0227. The van der Waals surface area contributed by atoms with Gasteiger partial charge in [-0.25, -0.2) is 0 Å². The first-order chi connectivity index (χ1) is 6.51. The van der Waals surface area contributed by atoms with Gasteiger partial charge >= 0.3 is 0 Å². The van der Waals surface area contributed by atoms with Gasteiger partial charge in [0.2, 0.25) is 0 Å². The summed E-state index contributed by atoms with van der Waals surface area (Å²) >= 11 is 1.90. The summed E-state index contributed by atoms with van der Waals surface area (Å²) < 4.78 is 5.86. The molecule has 0 heterocycles. The van der Waals surface area contributed by atoms with Crippen LogP contribution in [0.5, 0.6) is 0 Å². The highest BCUT2D eigenvalue weighted by molar-refractivity contribution is 7.98. The highest BCUT2D eigenvalue weighted by Gasteiger charge is 2.32. The molecule has 0 spiro atoms. The fourth-order valence-corrected chi connectivity index (χ4v) is 2.02. The Morgan fingerprint density at radius 3 is 2.50 bits per heavy atom. The second-order valence-corrected chi connectivity index (χ2v) is 5.95. The van der Waals surface area contributed by atoms with Gasteiger partial charge in [0.25, 0.3) is 0 Å². The largest absolute Gasteiger partial charge is 0.373 e. The molecule has 84 valence electrons. The van der Waals surface area contributed by atoms with E-state index in [1.54, 1.807) is 0 Å². The second-order valence-electron chi connectivity index (χ2n) is 4.97. The van der Waals surface area contributed by atoms with Gasteiger partial charge in [0.1, 0.15) is 0 Å². The first-order valence-electron chi connectivity index (χ1n) is 5.41. The lowest BCUT2D eigenvalue weighted by molar-refractivity contribution is -0.102. The summed E-state index contributed by atoms with van der Waals surface area (Å²) in [5.74, 6) is 1.21. The molecular formula is C11H23NOS. The van der Waals surface area contributed by atoms with Gasteiger partial charge in [-0.3, -0.25) is 0 Å². The van der Waals surface area contributed by atoms with Crippen LogP contribution in [0.25, 0.3) is 0 Å². The van der Waals surface area contributed by atoms with Crippen molar-refractivity contribution in [3.8, 4) is 0 Å². The van der Waals surface area contributed by atoms with E-state index >= 15 is 0 Å². The first kappa shape index (κ1) is 12.3. The van der Waals surface area contributed by atoms with Gasteiger partial charge in [-0.2, -0.15) is 11.8 Å². The van der Waals surface area contributed by atoms with Crippen molar-refractivity contribution < 1.29 is 4.74 Å². The molecule has 1 aliphatic rings. The lowest BCUT2D eigenvalue weighted by Crippen LogP contribution is -2.48. The Morgan fingerprint density at radius 1 is 1.36 bits per heavy atom. The molecule has 1 fully saturated rings. The lowest BCUT2D eigenvalue weighted by atomic mass is 9.88. The zero-order valence-electron chi connectivity index (χ0n) is 9.80. The Hall–Kier alpha value is 0.270. The number of rotatable bonds is 5. The van der Waals surface area contributed by atoms with E-state index in [0.29, 0.717) is 12.1 Å². The molecule has 0 bridgehead atoms. The van der Waals surface area contributed by atoms with Crippen LogP contribution in [0.15, 0.2) is 0 Å². The molecule has 0 radical (unpaired) electrons. The molecule has 14 heavy (non-hydrogen) atoms. The molecule has 0 aromatic carbocycles. The van der Waals surface area contributed by atoms with Crippen molar-refractivity contribution in [1.29, 1.82) is 0 Å². The van der Waals surface area contributed by atoms with E-state index in [9.17, 15) is 0 Å². The van der Waals surface area contributed by atoms with Crippen LogP contribution in [0.4, 0.5) is 0 Å². The van der Waals surface area contributed by atoms with E-state index in [1.807, 2.05) is 11.8 Å². The Morgan fingerprint density at radius 2 is 2.00 bits per heavy atom. The molecule has 0 amide bonds. The summed E-state index contributed by atoms with van der Waals surface area (Å²) in [5, 5.41) is 3.53. The molecule has 1 saturated carbocycles. The van der Waals surface area contributed by atoms with E-state index in [1.165, 1.54) is 18.6 Å². The second kappa shape index (κ2) is 5.38. The first-order valence-corrected chi connectivity index (χ1v) is 6.81. The number of nitrogens with one attached hydrogen (secondary N) is 1. The molecule has 0 aliphatic heterocycles. The van der Waals surface area contributed by atoms with Crippen molar-refractivity contribution in [3.05, 3.63) is 0 Å². The van der Waals surface area contributed by atoms with E-state index in [4.69, 9.17) is 4.74 Å². The molecule has 0 saturated heterocycles. The van der Waals surface area contributed by atoms with E-state index in [-0.39, 0.29) is 5.60 Å². The predicted octanol–water partition coefficient (Wildman–Crippen LogP) is 2.29. The van der Waals surface area contributed by atoms with E-state index < -0.39 is 0 Å². The third kappa shape index (κ3) is 4.67. The van der Waals surface area contributed by atoms with E-state index in [2.05, 4.69) is 32.3 Å². The highest BCUT2D eigenvalue weighted by Crippen LogP contribution is 2.27. The van der Waals surface area contributed by atoms with Gasteiger partial charge in [0, 0.05) is 18.3 Å². The molecule has 1 rings (SSSR count). The van der Waals surface area contributed by atoms with Gasteiger partial charge in [0.15, 0.2) is 0 Å². The van der Waals surface area contributed by atoms with Crippen LogP contribution in [0.2, 0.25) is 0 Å². The minimum Gasteiger partial charge on any atom is -0.373 e. The predicted molar refractivity (Wildman–Crippen MR) is 64.0 cm³/mol. The highest BCUT2D eigenvalue weighted by atomic mass is 32.2. The van der Waals surface area contributed by atoms with Crippen LogP contribution < -0.4 is 5.32 Å².